The summed E-state index contributed by atoms with van der Waals surface area (Å²) in [4.78, 5) is 27.0. The molecule has 1 amide bonds. The van der Waals surface area contributed by atoms with Crippen LogP contribution in [0.1, 0.15) is 22.0 Å². The first-order valence-corrected chi connectivity index (χ1v) is 11.2. The maximum absolute atomic E-state index is 13.1. The van der Waals surface area contributed by atoms with E-state index in [1.165, 1.54) is 26.0 Å². The Labute approximate surface area is 195 Å². The molecule has 0 heterocycles. The number of hydrogen-bond acceptors (Lipinski definition) is 6. The Bertz CT molecular complexity index is 1110. The summed E-state index contributed by atoms with van der Waals surface area (Å²) in [7, 11) is 2.98. The van der Waals surface area contributed by atoms with Gasteiger partial charge in [-0.05, 0) is 42.7 Å². The van der Waals surface area contributed by atoms with Crippen LogP contribution in [-0.4, -0.2) is 32.4 Å². The monoisotopic (exact) mass is 471 g/mol. The molecule has 8 heteroatoms. The Balaban J connectivity index is 1.88. The Kier molecular flexibility index (Phi) is 8.03. The van der Waals surface area contributed by atoms with Gasteiger partial charge in [-0.1, -0.05) is 41.9 Å². The van der Waals surface area contributed by atoms with Crippen molar-refractivity contribution in [1.82, 2.24) is 0 Å². The molecule has 0 spiro atoms. The molecule has 32 heavy (non-hydrogen) atoms. The number of nitrogens with one attached hydrogen (secondary N) is 1. The highest BCUT2D eigenvalue weighted by molar-refractivity contribution is 7.98. The van der Waals surface area contributed by atoms with Crippen LogP contribution in [0.3, 0.4) is 0 Å². The van der Waals surface area contributed by atoms with E-state index in [9.17, 15) is 9.59 Å². The van der Waals surface area contributed by atoms with Gasteiger partial charge in [0.15, 0.2) is 0 Å². The van der Waals surface area contributed by atoms with E-state index in [1.54, 1.807) is 60.7 Å². The zero-order chi connectivity index (χ0) is 23.1. The topological polar surface area (TPSA) is 73.9 Å². The number of halogens is 1. The molecular weight excluding hydrogens is 450 g/mol. The van der Waals surface area contributed by atoms with E-state index >= 15 is 0 Å². The number of ether oxygens (including phenoxy) is 3. The molecule has 0 aliphatic carbocycles. The van der Waals surface area contributed by atoms with Crippen LogP contribution in [0.15, 0.2) is 71.6 Å². The minimum absolute atomic E-state index is 0.228. The summed E-state index contributed by atoms with van der Waals surface area (Å²) in [6.07, 6.45) is 0.739. The molecule has 0 radical (unpaired) electrons. The summed E-state index contributed by atoms with van der Waals surface area (Å²) >= 11 is 7.68. The second-order valence-corrected chi connectivity index (χ2v) is 7.89. The second-order valence-electron chi connectivity index (χ2n) is 6.60. The van der Waals surface area contributed by atoms with Crippen molar-refractivity contribution in [3.05, 3.63) is 82.9 Å². The minimum atomic E-state index is -1.19. The van der Waals surface area contributed by atoms with E-state index in [1.807, 2.05) is 12.3 Å². The Hall–Kier alpha value is -3.16. The number of amides is 1. The number of hydrogen-bond donors (Lipinski definition) is 1. The molecule has 0 bridgehead atoms. The van der Waals surface area contributed by atoms with Crippen LogP contribution < -0.4 is 14.8 Å². The van der Waals surface area contributed by atoms with Crippen molar-refractivity contribution < 1.29 is 23.8 Å². The number of thioether (sulfide) groups is 1. The molecule has 1 atom stereocenters. The van der Waals surface area contributed by atoms with Gasteiger partial charge in [-0.15, -0.1) is 11.8 Å². The van der Waals surface area contributed by atoms with Gasteiger partial charge in [0, 0.05) is 16.1 Å². The molecule has 1 N–H and O–H groups in total. The predicted octanol–water partition coefficient (Wildman–Crippen LogP) is 5.62. The number of rotatable bonds is 8. The van der Waals surface area contributed by atoms with E-state index in [0.717, 1.165) is 4.90 Å². The van der Waals surface area contributed by atoms with Crippen molar-refractivity contribution in [3.8, 4) is 11.5 Å². The summed E-state index contributed by atoms with van der Waals surface area (Å²) in [5, 5.41) is 3.09. The van der Waals surface area contributed by atoms with E-state index in [4.69, 9.17) is 25.8 Å². The van der Waals surface area contributed by atoms with Crippen molar-refractivity contribution in [3.63, 3.8) is 0 Å². The van der Waals surface area contributed by atoms with Gasteiger partial charge in [0.1, 0.15) is 17.1 Å². The Morgan fingerprint density at radius 1 is 0.938 bits per heavy atom. The molecule has 6 nitrogen and oxygen atoms in total. The molecule has 0 aliphatic rings. The van der Waals surface area contributed by atoms with Crippen molar-refractivity contribution in [2.45, 2.75) is 11.0 Å². The van der Waals surface area contributed by atoms with Crippen LogP contribution in [0.4, 0.5) is 5.69 Å². The van der Waals surface area contributed by atoms with Gasteiger partial charge in [0.05, 0.1) is 19.2 Å². The third kappa shape index (κ3) is 5.55. The predicted molar refractivity (Wildman–Crippen MR) is 126 cm³/mol. The van der Waals surface area contributed by atoms with Gasteiger partial charge in [-0.3, -0.25) is 4.79 Å². The molecule has 0 aliphatic heterocycles. The third-order valence-electron chi connectivity index (χ3n) is 4.61. The molecule has 3 rings (SSSR count). The summed E-state index contributed by atoms with van der Waals surface area (Å²) < 4.78 is 16.1. The number of methoxy groups -OCH3 is 2. The van der Waals surface area contributed by atoms with Gasteiger partial charge in [-0.25, -0.2) is 4.79 Å². The Morgan fingerprint density at radius 3 is 2.28 bits per heavy atom. The average Bonchev–Trinajstić information content (AvgIpc) is 2.82. The van der Waals surface area contributed by atoms with Gasteiger partial charge < -0.3 is 19.5 Å². The normalized spacial score (nSPS) is 11.4. The zero-order valence-electron chi connectivity index (χ0n) is 17.8. The lowest BCUT2D eigenvalue weighted by atomic mass is 10.1. The summed E-state index contributed by atoms with van der Waals surface area (Å²) in [5.41, 5.74) is 1.20. The first kappa shape index (κ1) is 23.5. The van der Waals surface area contributed by atoms with Crippen molar-refractivity contribution in [2.24, 2.45) is 0 Å². The largest absolute Gasteiger partial charge is 0.496 e. The molecule has 166 valence electrons. The maximum Gasteiger partial charge on any atom is 0.343 e. The molecular formula is C24H22ClNO5S. The lowest BCUT2D eigenvalue weighted by Crippen LogP contribution is -2.26. The van der Waals surface area contributed by atoms with E-state index < -0.39 is 18.0 Å². The fourth-order valence-corrected chi connectivity index (χ4v) is 3.68. The van der Waals surface area contributed by atoms with Gasteiger partial charge in [0.25, 0.3) is 5.91 Å². The van der Waals surface area contributed by atoms with Gasteiger partial charge >= 0.3 is 5.97 Å². The number of carbonyl (C=O) groups excluding carboxylic acids is 2. The van der Waals surface area contributed by atoms with Crippen LogP contribution in [0, 0.1) is 0 Å². The molecule has 0 aromatic heterocycles. The van der Waals surface area contributed by atoms with Gasteiger partial charge in [-0.2, -0.15) is 0 Å². The zero-order valence-corrected chi connectivity index (χ0v) is 19.3. The quantitative estimate of drug-likeness (QED) is 0.339. The van der Waals surface area contributed by atoms with Crippen LogP contribution in [-0.2, 0) is 9.53 Å². The van der Waals surface area contributed by atoms with Crippen LogP contribution in [0.2, 0.25) is 5.02 Å². The fourth-order valence-electron chi connectivity index (χ4n) is 2.99. The second kappa shape index (κ2) is 10.9. The highest BCUT2D eigenvalue weighted by Crippen LogP contribution is 2.30. The standard InChI is InChI=1S/C24H22ClNO5S/c1-29-20-12-9-16(13-19(20)25)26-23(27)22(15-7-5-4-6-8-15)31-24(28)18-11-10-17(32-3)14-21(18)30-2/h4-14,22H,1-3H3,(H,26,27)/t22-/m0/s1. The van der Waals surface area contributed by atoms with E-state index in [0.29, 0.717) is 27.8 Å². The molecule has 3 aromatic rings. The summed E-state index contributed by atoms with van der Waals surface area (Å²) in [6, 6.07) is 18.8. The highest BCUT2D eigenvalue weighted by atomic mass is 35.5. The van der Waals surface area contributed by atoms with Crippen molar-refractivity contribution >= 4 is 40.9 Å². The number of carbonyl (C=O) groups is 2. The smallest absolute Gasteiger partial charge is 0.343 e. The average molecular weight is 472 g/mol. The molecule has 0 saturated carbocycles. The summed E-state index contributed by atoms with van der Waals surface area (Å²) in [6.45, 7) is 0. The molecule has 0 fully saturated rings. The lowest BCUT2D eigenvalue weighted by Gasteiger charge is -2.19. The van der Waals surface area contributed by atoms with Crippen LogP contribution in [0.5, 0.6) is 11.5 Å². The third-order valence-corrected chi connectivity index (χ3v) is 5.63. The first-order valence-electron chi connectivity index (χ1n) is 9.59. The highest BCUT2D eigenvalue weighted by Gasteiger charge is 2.27. The lowest BCUT2D eigenvalue weighted by molar-refractivity contribution is -0.125. The van der Waals surface area contributed by atoms with E-state index in [-0.39, 0.29) is 5.56 Å². The number of benzene rings is 3. The van der Waals surface area contributed by atoms with Crippen molar-refractivity contribution in [2.75, 3.05) is 25.8 Å². The van der Waals surface area contributed by atoms with Crippen molar-refractivity contribution in [1.29, 1.82) is 0 Å². The molecule has 0 unspecified atom stereocenters. The fraction of sp³-hybridized carbons (Fsp3) is 0.167. The van der Waals surface area contributed by atoms with Gasteiger partial charge in [0.2, 0.25) is 6.10 Å². The first-order chi connectivity index (χ1) is 15.5. The Morgan fingerprint density at radius 2 is 1.66 bits per heavy atom. The number of esters is 1. The summed E-state index contributed by atoms with van der Waals surface area (Å²) in [5.74, 6) is -0.343. The number of anilines is 1. The molecule has 0 saturated heterocycles. The maximum atomic E-state index is 13.1. The van der Waals surface area contributed by atoms with Crippen LogP contribution >= 0.6 is 23.4 Å². The SMILES string of the molecule is COc1ccc(NC(=O)[C@@H](OC(=O)c2ccc(SC)cc2OC)c2ccccc2)cc1Cl. The minimum Gasteiger partial charge on any atom is -0.496 e. The molecule has 3 aromatic carbocycles. The van der Waals surface area contributed by atoms with E-state index in [2.05, 4.69) is 5.32 Å². The van der Waals surface area contributed by atoms with Crippen LogP contribution in [0.25, 0.3) is 0 Å².